The Morgan fingerprint density at radius 2 is 1.79 bits per heavy atom. The summed E-state index contributed by atoms with van der Waals surface area (Å²) in [5.74, 6) is -2.42. The molecule has 0 aromatic heterocycles. The summed E-state index contributed by atoms with van der Waals surface area (Å²) in [7, 11) is 1.49. The van der Waals surface area contributed by atoms with Crippen molar-refractivity contribution in [3.05, 3.63) is 35.9 Å². The largest absolute Gasteiger partial charge is 0.495 e. The molecular formula is C21H24N2O6. The van der Waals surface area contributed by atoms with E-state index in [0.29, 0.717) is 24.3 Å². The van der Waals surface area contributed by atoms with Gasteiger partial charge in [-0.2, -0.15) is 0 Å². The second-order valence-corrected chi connectivity index (χ2v) is 7.24. The van der Waals surface area contributed by atoms with Crippen molar-refractivity contribution < 1.29 is 28.7 Å². The van der Waals surface area contributed by atoms with Gasteiger partial charge in [0.25, 0.3) is 5.91 Å². The molecule has 0 bridgehead atoms. The number of nitrogens with one attached hydrogen (secondary N) is 1. The highest BCUT2D eigenvalue weighted by Gasteiger charge is 2.50. The Bertz CT molecular complexity index is 852. The Hall–Kier alpha value is -3.16. The van der Waals surface area contributed by atoms with Crippen LogP contribution in [0, 0.1) is 18.8 Å². The first-order chi connectivity index (χ1) is 13.8. The number of benzene rings is 1. The van der Waals surface area contributed by atoms with E-state index in [1.165, 1.54) is 14.0 Å². The predicted molar refractivity (Wildman–Crippen MR) is 104 cm³/mol. The summed E-state index contributed by atoms with van der Waals surface area (Å²) in [6, 6.07) is 4.21. The van der Waals surface area contributed by atoms with E-state index in [4.69, 9.17) is 9.47 Å². The maximum Gasteiger partial charge on any atom is 0.329 e. The van der Waals surface area contributed by atoms with Crippen LogP contribution in [0.2, 0.25) is 0 Å². The van der Waals surface area contributed by atoms with Crippen LogP contribution in [-0.2, 0) is 23.9 Å². The zero-order chi connectivity index (χ0) is 21.1. The van der Waals surface area contributed by atoms with E-state index >= 15 is 0 Å². The van der Waals surface area contributed by atoms with Crippen molar-refractivity contribution in [1.29, 1.82) is 0 Å². The quantitative estimate of drug-likeness (QED) is 0.444. The van der Waals surface area contributed by atoms with Crippen LogP contribution in [0.3, 0.4) is 0 Å². The molecule has 1 aliphatic carbocycles. The fraction of sp³-hybridized carbons (Fsp3) is 0.429. The molecule has 0 saturated carbocycles. The number of likely N-dealkylation sites (tertiary alicyclic amines) is 1. The molecule has 29 heavy (non-hydrogen) atoms. The van der Waals surface area contributed by atoms with E-state index in [-0.39, 0.29) is 11.8 Å². The number of rotatable bonds is 6. The number of carbonyl (C=O) groups excluding carboxylic acids is 4. The molecule has 1 aromatic rings. The number of methoxy groups -OCH3 is 1. The molecule has 2 aliphatic rings. The molecule has 1 heterocycles. The van der Waals surface area contributed by atoms with Crippen LogP contribution >= 0.6 is 0 Å². The highest BCUT2D eigenvalue weighted by atomic mass is 16.5. The molecule has 3 rings (SSSR count). The van der Waals surface area contributed by atoms with Crippen molar-refractivity contribution in [3.8, 4) is 5.75 Å². The molecule has 154 valence electrons. The number of anilines is 1. The Morgan fingerprint density at radius 1 is 1.17 bits per heavy atom. The molecule has 8 nitrogen and oxygen atoms in total. The predicted octanol–water partition coefficient (Wildman–Crippen LogP) is 1.83. The molecule has 0 radical (unpaired) electrons. The number of fused-ring (bicyclic) bond motifs is 1. The third-order valence-electron chi connectivity index (χ3n) is 5.24. The maximum absolute atomic E-state index is 12.5. The minimum Gasteiger partial charge on any atom is -0.495 e. The molecule has 1 aliphatic heterocycles. The summed E-state index contributed by atoms with van der Waals surface area (Å²) in [4.78, 5) is 50.6. The number of ether oxygens (including phenoxy) is 2. The topological polar surface area (TPSA) is 102 Å². The molecule has 1 N–H and O–H groups in total. The van der Waals surface area contributed by atoms with Gasteiger partial charge in [-0.15, -0.1) is 0 Å². The van der Waals surface area contributed by atoms with Crippen LogP contribution in [0.1, 0.15) is 25.3 Å². The van der Waals surface area contributed by atoms with Crippen molar-refractivity contribution in [2.45, 2.75) is 32.7 Å². The first-order valence-electron chi connectivity index (χ1n) is 9.46. The number of nitrogens with zero attached hydrogens (tertiary/aromatic N) is 1. The number of aryl methyl sites for hydroxylation is 1. The third kappa shape index (κ3) is 4.16. The molecule has 3 amide bonds. The molecule has 1 saturated heterocycles. The summed E-state index contributed by atoms with van der Waals surface area (Å²) >= 11 is 0. The highest BCUT2D eigenvalue weighted by Crippen LogP contribution is 2.36. The van der Waals surface area contributed by atoms with E-state index in [9.17, 15) is 19.2 Å². The van der Waals surface area contributed by atoms with Crippen LogP contribution < -0.4 is 10.1 Å². The minimum absolute atomic E-state index is 0.359. The van der Waals surface area contributed by atoms with Gasteiger partial charge in [0.2, 0.25) is 11.8 Å². The van der Waals surface area contributed by atoms with Gasteiger partial charge in [0.05, 0.1) is 24.6 Å². The molecule has 0 unspecified atom stereocenters. The molecular weight excluding hydrogens is 376 g/mol. The second-order valence-electron chi connectivity index (χ2n) is 7.24. The fourth-order valence-electron chi connectivity index (χ4n) is 3.68. The van der Waals surface area contributed by atoms with Crippen molar-refractivity contribution in [1.82, 2.24) is 4.90 Å². The summed E-state index contributed by atoms with van der Waals surface area (Å²) < 4.78 is 10.2. The maximum atomic E-state index is 12.5. The Labute approximate surface area is 168 Å². The summed E-state index contributed by atoms with van der Waals surface area (Å²) in [6.07, 6.45) is 4.74. The van der Waals surface area contributed by atoms with Crippen LogP contribution in [0.15, 0.2) is 30.4 Å². The van der Waals surface area contributed by atoms with E-state index in [0.717, 1.165) is 10.5 Å². The monoisotopic (exact) mass is 400 g/mol. The van der Waals surface area contributed by atoms with Gasteiger partial charge >= 0.3 is 5.97 Å². The molecule has 1 aromatic carbocycles. The smallest absolute Gasteiger partial charge is 0.329 e. The van der Waals surface area contributed by atoms with Gasteiger partial charge in [-0.25, -0.2) is 4.79 Å². The van der Waals surface area contributed by atoms with Gasteiger partial charge in [-0.05, 0) is 44.4 Å². The standard InChI is InChI=1S/C21H24N2O6/c1-12-8-9-17(28-3)16(10-12)22-18(24)11-29-21(27)13(2)23-19(25)14-6-4-5-7-15(14)20(23)26/h4-5,8-10,13-15H,6-7,11H2,1-3H3,(H,22,24)/t13-,14-,15+/m0/s1. The van der Waals surface area contributed by atoms with E-state index in [1.807, 2.05) is 25.1 Å². The molecule has 8 heteroatoms. The normalized spacial score (nSPS) is 21.6. The van der Waals surface area contributed by atoms with Gasteiger partial charge in [0.15, 0.2) is 6.61 Å². The number of carbonyl (C=O) groups is 4. The zero-order valence-corrected chi connectivity index (χ0v) is 16.6. The van der Waals surface area contributed by atoms with Crippen LogP contribution in [0.5, 0.6) is 5.75 Å². The van der Waals surface area contributed by atoms with Gasteiger partial charge < -0.3 is 14.8 Å². The first kappa shape index (κ1) is 20.6. The zero-order valence-electron chi connectivity index (χ0n) is 16.6. The minimum atomic E-state index is -1.08. The Morgan fingerprint density at radius 3 is 2.38 bits per heavy atom. The van der Waals surface area contributed by atoms with Crippen molar-refractivity contribution >= 4 is 29.4 Å². The Balaban J connectivity index is 1.58. The molecule has 3 atom stereocenters. The lowest BCUT2D eigenvalue weighted by atomic mass is 9.85. The lowest BCUT2D eigenvalue weighted by molar-refractivity contribution is -0.159. The van der Waals surface area contributed by atoms with Gasteiger partial charge in [-0.3, -0.25) is 19.3 Å². The van der Waals surface area contributed by atoms with Crippen molar-refractivity contribution in [2.24, 2.45) is 11.8 Å². The second kappa shape index (κ2) is 8.46. The van der Waals surface area contributed by atoms with E-state index in [2.05, 4.69) is 5.32 Å². The van der Waals surface area contributed by atoms with E-state index < -0.39 is 36.4 Å². The van der Waals surface area contributed by atoms with Gasteiger partial charge in [0.1, 0.15) is 11.8 Å². The number of hydrogen-bond acceptors (Lipinski definition) is 6. The van der Waals surface area contributed by atoms with Crippen LogP contribution in [-0.4, -0.2) is 48.3 Å². The highest BCUT2D eigenvalue weighted by molar-refractivity contribution is 6.08. The fourth-order valence-corrected chi connectivity index (χ4v) is 3.68. The first-order valence-corrected chi connectivity index (χ1v) is 9.46. The summed E-state index contributed by atoms with van der Waals surface area (Å²) in [6.45, 7) is 2.77. The summed E-state index contributed by atoms with van der Waals surface area (Å²) in [5, 5.41) is 2.63. The number of imide groups is 1. The average molecular weight is 400 g/mol. The summed E-state index contributed by atoms with van der Waals surface area (Å²) in [5.41, 5.74) is 1.39. The van der Waals surface area contributed by atoms with Crippen molar-refractivity contribution in [2.75, 3.05) is 19.0 Å². The van der Waals surface area contributed by atoms with Gasteiger partial charge in [-0.1, -0.05) is 18.2 Å². The SMILES string of the molecule is COc1ccc(C)cc1NC(=O)COC(=O)[C@H](C)N1C(=O)[C@H]2CC=CC[C@H]2C1=O. The Kier molecular flexibility index (Phi) is 6.00. The van der Waals surface area contributed by atoms with Crippen molar-refractivity contribution in [3.63, 3.8) is 0 Å². The number of hydrogen-bond donors (Lipinski definition) is 1. The number of esters is 1. The van der Waals surface area contributed by atoms with Crippen LogP contribution in [0.4, 0.5) is 5.69 Å². The third-order valence-corrected chi connectivity index (χ3v) is 5.24. The van der Waals surface area contributed by atoms with E-state index in [1.54, 1.807) is 12.1 Å². The lowest BCUT2D eigenvalue weighted by Gasteiger charge is -2.21. The molecule has 1 fully saturated rings. The molecule has 0 spiro atoms. The average Bonchev–Trinajstić information content (AvgIpc) is 2.96. The van der Waals surface area contributed by atoms with Gasteiger partial charge in [0, 0.05) is 0 Å². The number of amides is 3. The lowest BCUT2D eigenvalue weighted by Crippen LogP contribution is -2.45. The van der Waals surface area contributed by atoms with Crippen LogP contribution in [0.25, 0.3) is 0 Å². The number of allylic oxidation sites excluding steroid dienone is 2.